The average molecular weight is 393 g/mol. The van der Waals surface area contributed by atoms with Crippen molar-refractivity contribution in [2.75, 3.05) is 11.4 Å². The zero-order valence-electron chi connectivity index (χ0n) is 16.3. The first-order valence-electron chi connectivity index (χ1n) is 9.61. The molecule has 0 fully saturated rings. The van der Waals surface area contributed by atoms with Crippen LogP contribution in [0.2, 0.25) is 0 Å². The lowest BCUT2D eigenvalue weighted by molar-refractivity contribution is -0.118. The van der Waals surface area contributed by atoms with Crippen LogP contribution in [-0.4, -0.2) is 17.4 Å². The van der Waals surface area contributed by atoms with Crippen molar-refractivity contribution < 1.29 is 9.53 Å². The lowest BCUT2D eigenvalue weighted by Gasteiger charge is -2.29. The highest BCUT2D eigenvalue weighted by atomic mass is 32.1. The Balaban J connectivity index is 1.39. The normalized spacial score (nSPS) is 13.3. The van der Waals surface area contributed by atoms with Crippen molar-refractivity contribution in [3.63, 3.8) is 0 Å². The van der Waals surface area contributed by atoms with Crippen molar-refractivity contribution in [3.05, 3.63) is 75.2 Å². The second-order valence-corrected chi connectivity index (χ2v) is 8.23. The van der Waals surface area contributed by atoms with Crippen LogP contribution < -0.4 is 9.64 Å². The topological polar surface area (TPSA) is 42.4 Å². The lowest BCUT2D eigenvalue weighted by Crippen LogP contribution is -2.36. The predicted octanol–water partition coefficient (Wildman–Crippen LogP) is 4.86. The van der Waals surface area contributed by atoms with E-state index in [0.717, 1.165) is 41.5 Å². The lowest BCUT2D eigenvalue weighted by atomic mass is 9.99. The second kappa shape index (κ2) is 8.15. The molecule has 1 aliphatic heterocycles. The zero-order chi connectivity index (χ0) is 19.5. The van der Waals surface area contributed by atoms with Gasteiger partial charge in [-0.1, -0.05) is 35.4 Å². The molecule has 5 heteroatoms. The number of nitrogens with zero attached hydrogens (tertiary/aromatic N) is 2. The fourth-order valence-electron chi connectivity index (χ4n) is 3.51. The van der Waals surface area contributed by atoms with E-state index in [0.29, 0.717) is 13.0 Å². The van der Waals surface area contributed by atoms with Gasteiger partial charge in [0.15, 0.2) is 0 Å². The summed E-state index contributed by atoms with van der Waals surface area (Å²) in [7, 11) is 0. The van der Waals surface area contributed by atoms with Crippen LogP contribution in [0.4, 0.5) is 5.69 Å². The van der Waals surface area contributed by atoms with E-state index in [9.17, 15) is 4.79 Å². The molecule has 0 radical (unpaired) electrons. The van der Waals surface area contributed by atoms with E-state index in [-0.39, 0.29) is 5.91 Å². The van der Waals surface area contributed by atoms with Gasteiger partial charge in [-0.2, -0.15) is 0 Å². The Bertz CT molecular complexity index is 979. The molecule has 0 unspecified atom stereocenters. The molecule has 0 aliphatic carbocycles. The van der Waals surface area contributed by atoms with Gasteiger partial charge in [0.05, 0.1) is 12.1 Å². The number of benzene rings is 2. The van der Waals surface area contributed by atoms with Gasteiger partial charge in [0.25, 0.3) is 0 Å². The Morgan fingerprint density at radius 3 is 2.75 bits per heavy atom. The minimum absolute atomic E-state index is 0.112. The Morgan fingerprint density at radius 1 is 1.14 bits per heavy atom. The third-order valence-electron chi connectivity index (χ3n) is 4.97. The van der Waals surface area contributed by atoms with Crippen LogP contribution >= 0.6 is 11.3 Å². The van der Waals surface area contributed by atoms with E-state index in [4.69, 9.17) is 4.74 Å². The zero-order valence-corrected chi connectivity index (χ0v) is 17.1. The number of amides is 1. The van der Waals surface area contributed by atoms with Crippen molar-refractivity contribution in [1.29, 1.82) is 0 Å². The molecule has 28 heavy (non-hydrogen) atoms. The molecule has 0 bridgehead atoms. The van der Waals surface area contributed by atoms with Crippen LogP contribution in [0, 0.1) is 13.8 Å². The van der Waals surface area contributed by atoms with E-state index in [1.807, 2.05) is 34.5 Å². The highest BCUT2D eigenvalue weighted by molar-refractivity contribution is 7.09. The van der Waals surface area contributed by atoms with E-state index in [2.05, 4.69) is 37.0 Å². The number of aryl methyl sites for hydroxylation is 3. The number of carbonyl (C=O) groups excluding carboxylic acids is 1. The minimum Gasteiger partial charge on any atom is -0.486 e. The van der Waals surface area contributed by atoms with Crippen molar-refractivity contribution in [3.8, 4) is 5.75 Å². The van der Waals surface area contributed by atoms with Gasteiger partial charge in [0.1, 0.15) is 17.4 Å². The van der Waals surface area contributed by atoms with Crippen LogP contribution in [0.5, 0.6) is 5.75 Å². The molecule has 0 atom stereocenters. The summed E-state index contributed by atoms with van der Waals surface area (Å²) in [5, 5.41) is 2.85. The third-order valence-corrected chi connectivity index (χ3v) is 5.84. The summed E-state index contributed by atoms with van der Waals surface area (Å²) in [4.78, 5) is 19.4. The van der Waals surface area contributed by atoms with Gasteiger partial charge < -0.3 is 9.64 Å². The molecule has 1 aromatic heterocycles. The smallest absolute Gasteiger partial charge is 0.233 e. The maximum Gasteiger partial charge on any atom is 0.233 e. The summed E-state index contributed by atoms with van der Waals surface area (Å²) < 4.78 is 5.79. The SMILES string of the molecule is Cc1ccc(OCc2nc(CC(=O)N3CCCc4cc(C)ccc43)cs2)cc1. The largest absolute Gasteiger partial charge is 0.486 e. The quantitative estimate of drug-likeness (QED) is 0.623. The summed E-state index contributed by atoms with van der Waals surface area (Å²) in [6.45, 7) is 5.35. The molecule has 1 amide bonds. The maximum atomic E-state index is 12.9. The van der Waals surface area contributed by atoms with Crippen LogP contribution in [0.1, 0.15) is 33.8 Å². The summed E-state index contributed by atoms with van der Waals surface area (Å²) in [5.74, 6) is 0.944. The molecule has 4 rings (SSSR count). The Morgan fingerprint density at radius 2 is 1.93 bits per heavy atom. The Hall–Kier alpha value is -2.66. The summed E-state index contributed by atoms with van der Waals surface area (Å²) in [6.07, 6.45) is 2.38. The van der Waals surface area contributed by atoms with Crippen LogP contribution in [0.3, 0.4) is 0 Å². The van der Waals surface area contributed by atoms with Crippen molar-refractivity contribution in [2.45, 2.75) is 39.7 Å². The summed E-state index contributed by atoms with van der Waals surface area (Å²) >= 11 is 1.54. The van der Waals surface area contributed by atoms with Gasteiger partial charge in [-0.15, -0.1) is 11.3 Å². The second-order valence-electron chi connectivity index (χ2n) is 7.29. The van der Waals surface area contributed by atoms with Crippen LogP contribution in [0.25, 0.3) is 0 Å². The first kappa shape index (κ1) is 18.7. The van der Waals surface area contributed by atoms with Gasteiger partial charge in [-0.05, 0) is 50.5 Å². The molecule has 144 valence electrons. The number of ether oxygens (including phenoxy) is 1. The fourth-order valence-corrected chi connectivity index (χ4v) is 4.22. The number of hydrogen-bond acceptors (Lipinski definition) is 4. The monoisotopic (exact) mass is 392 g/mol. The number of carbonyl (C=O) groups is 1. The van der Waals surface area contributed by atoms with Crippen molar-refractivity contribution in [2.24, 2.45) is 0 Å². The highest BCUT2D eigenvalue weighted by Crippen LogP contribution is 2.28. The molecule has 0 saturated heterocycles. The minimum atomic E-state index is 0.112. The summed E-state index contributed by atoms with van der Waals surface area (Å²) in [6, 6.07) is 14.3. The van der Waals surface area contributed by atoms with Crippen molar-refractivity contribution in [1.82, 2.24) is 4.98 Å². The molecule has 4 nitrogen and oxygen atoms in total. The highest BCUT2D eigenvalue weighted by Gasteiger charge is 2.23. The molecular formula is C23H24N2O2S. The first-order chi connectivity index (χ1) is 13.6. The average Bonchev–Trinajstić information content (AvgIpc) is 3.14. The molecule has 0 spiro atoms. The van der Waals surface area contributed by atoms with E-state index in [1.54, 1.807) is 11.3 Å². The molecule has 2 aromatic carbocycles. The standard InChI is InChI=1S/C23H24N2O2S/c1-16-5-8-20(9-6-16)27-14-22-24-19(15-28-22)13-23(26)25-11-3-4-18-12-17(2)7-10-21(18)25/h5-10,12,15H,3-4,11,13-14H2,1-2H3. The molecule has 0 N–H and O–H groups in total. The van der Waals surface area contributed by atoms with Gasteiger partial charge in [0.2, 0.25) is 5.91 Å². The summed E-state index contributed by atoms with van der Waals surface area (Å²) in [5.41, 5.74) is 5.59. The molecule has 1 aliphatic rings. The molecular weight excluding hydrogens is 368 g/mol. The van der Waals surface area contributed by atoms with E-state index in [1.165, 1.54) is 16.7 Å². The number of thiazole rings is 1. The third kappa shape index (κ3) is 4.25. The molecule has 2 heterocycles. The Labute approximate surface area is 169 Å². The van der Waals surface area contributed by atoms with Gasteiger partial charge >= 0.3 is 0 Å². The predicted molar refractivity (Wildman–Crippen MR) is 113 cm³/mol. The Kier molecular flexibility index (Phi) is 5.44. The number of fused-ring (bicyclic) bond motifs is 1. The molecule has 3 aromatic rings. The van der Waals surface area contributed by atoms with E-state index < -0.39 is 0 Å². The molecule has 0 saturated carbocycles. The van der Waals surface area contributed by atoms with Crippen LogP contribution in [0.15, 0.2) is 47.8 Å². The fraction of sp³-hybridized carbons (Fsp3) is 0.304. The number of anilines is 1. The first-order valence-corrected chi connectivity index (χ1v) is 10.5. The van der Waals surface area contributed by atoms with Gasteiger partial charge in [-0.25, -0.2) is 4.98 Å². The number of hydrogen-bond donors (Lipinski definition) is 0. The van der Waals surface area contributed by atoms with Gasteiger partial charge in [0, 0.05) is 17.6 Å². The van der Waals surface area contributed by atoms with Crippen LogP contribution in [-0.2, 0) is 24.2 Å². The van der Waals surface area contributed by atoms with E-state index >= 15 is 0 Å². The number of aromatic nitrogens is 1. The maximum absolute atomic E-state index is 12.9. The van der Waals surface area contributed by atoms with Crippen molar-refractivity contribution >= 4 is 22.9 Å². The number of rotatable bonds is 5. The van der Waals surface area contributed by atoms with Gasteiger partial charge in [-0.3, -0.25) is 4.79 Å².